The lowest BCUT2D eigenvalue weighted by molar-refractivity contribution is -0.118. The van der Waals surface area contributed by atoms with Gasteiger partial charge in [0, 0.05) is 32.6 Å². The molecule has 3 N–H and O–H groups in total. The highest BCUT2D eigenvalue weighted by Crippen LogP contribution is 2.18. The molecule has 1 aromatic rings. The summed E-state index contributed by atoms with van der Waals surface area (Å²) in [5.74, 6) is 2.30. The molecule has 6 nitrogen and oxygen atoms in total. The lowest BCUT2D eigenvalue weighted by atomic mass is 10.3. The number of aromatic nitrogens is 2. The van der Waals surface area contributed by atoms with Crippen molar-refractivity contribution in [2.45, 2.75) is 20.8 Å². The predicted octanol–water partition coefficient (Wildman–Crippen LogP) is 0.683. The fraction of sp³-hybridized carbons (Fsp3) is 0.545. The van der Waals surface area contributed by atoms with Crippen molar-refractivity contribution in [1.82, 2.24) is 15.3 Å². The number of hydrogen-bond donors (Lipinski definition) is 3. The summed E-state index contributed by atoms with van der Waals surface area (Å²) in [6.07, 6.45) is 0. The monoisotopic (exact) mass is 237 g/mol. The molecule has 6 heteroatoms. The summed E-state index contributed by atoms with van der Waals surface area (Å²) in [5, 5.41) is 8.92. The molecule has 0 spiro atoms. The Morgan fingerprint density at radius 3 is 2.41 bits per heavy atom. The minimum absolute atomic E-state index is 0.0293. The number of rotatable bonds is 5. The smallest absolute Gasteiger partial charge is 0.216 e. The van der Waals surface area contributed by atoms with Gasteiger partial charge in [-0.15, -0.1) is 0 Å². The second-order valence-corrected chi connectivity index (χ2v) is 3.75. The molecule has 0 aliphatic heterocycles. The van der Waals surface area contributed by atoms with Crippen molar-refractivity contribution in [1.29, 1.82) is 0 Å². The molecule has 0 saturated heterocycles. The van der Waals surface area contributed by atoms with Crippen LogP contribution >= 0.6 is 0 Å². The van der Waals surface area contributed by atoms with Crippen molar-refractivity contribution < 1.29 is 4.79 Å². The third kappa shape index (κ3) is 3.90. The molecule has 94 valence electrons. The highest BCUT2D eigenvalue weighted by molar-refractivity contribution is 5.72. The molecule has 1 amide bonds. The number of aryl methyl sites for hydroxylation is 1. The van der Waals surface area contributed by atoms with Gasteiger partial charge >= 0.3 is 0 Å². The van der Waals surface area contributed by atoms with E-state index in [1.165, 1.54) is 6.92 Å². The van der Waals surface area contributed by atoms with Gasteiger partial charge in [-0.2, -0.15) is 0 Å². The van der Waals surface area contributed by atoms with Crippen molar-refractivity contribution in [2.24, 2.45) is 0 Å². The first-order valence-corrected chi connectivity index (χ1v) is 5.56. The van der Waals surface area contributed by atoms with E-state index in [9.17, 15) is 4.79 Å². The summed E-state index contributed by atoms with van der Waals surface area (Å²) in [6, 6.07) is 0. The first-order chi connectivity index (χ1) is 8.04. The van der Waals surface area contributed by atoms with Crippen LogP contribution in [0.3, 0.4) is 0 Å². The Balaban J connectivity index is 2.64. The molecule has 0 saturated carbocycles. The Bertz CT molecular complexity index is 405. The summed E-state index contributed by atoms with van der Waals surface area (Å²) >= 11 is 0. The van der Waals surface area contributed by atoms with E-state index in [1.807, 2.05) is 20.9 Å². The third-order valence-electron chi connectivity index (χ3n) is 2.29. The lowest BCUT2D eigenvalue weighted by Crippen LogP contribution is -2.26. The normalized spacial score (nSPS) is 9.88. The minimum Gasteiger partial charge on any atom is -0.373 e. The van der Waals surface area contributed by atoms with Gasteiger partial charge in [-0.25, -0.2) is 9.97 Å². The van der Waals surface area contributed by atoms with Crippen molar-refractivity contribution in [3.05, 3.63) is 11.4 Å². The van der Waals surface area contributed by atoms with Gasteiger partial charge in [-0.3, -0.25) is 4.79 Å². The molecule has 0 aliphatic rings. The summed E-state index contributed by atoms with van der Waals surface area (Å²) in [4.78, 5) is 19.3. The quantitative estimate of drug-likeness (QED) is 0.656. The number of anilines is 2. The third-order valence-corrected chi connectivity index (χ3v) is 2.29. The largest absolute Gasteiger partial charge is 0.373 e. The van der Waals surface area contributed by atoms with Crippen LogP contribution in [0.2, 0.25) is 0 Å². The van der Waals surface area contributed by atoms with Crippen LogP contribution in [0.15, 0.2) is 0 Å². The van der Waals surface area contributed by atoms with E-state index >= 15 is 0 Å². The van der Waals surface area contributed by atoms with Gasteiger partial charge in [0.15, 0.2) is 0 Å². The van der Waals surface area contributed by atoms with Gasteiger partial charge in [-0.05, 0) is 13.8 Å². The van der Waals surface area contributed by atoms with Crippen molar-refractivity contribution >= 4 is 17.5 Å². The minimum atomic E-state index is -0.0293. The van der Waals surface area contributed by atoms with E-state index in [-0.39, 0.29) is 5.91 Å². The maximum absolute atomic E-state index is 10.7. The Hall–Kier alpha value is -1.85. The standard InChI is InChI=1S/C11H19N5O/c1-7-10(12-4)15-8(2)16-11(7)14-6-5-13-9(3)17/h5-6H2,1-4H3,(H,13,17)(H2,12,14,15,16). The van der Waals surface area contributed by atoms with E-state index in [2.05, 4.69) is 25.9 Å². The van der Waals surface area contributed by atoms with Crippen LogP contribution in [0.1, 0.15) is 18.3 Å². The maximum Gasteiger partial charge on any atom is 0.216 e. The van der Waals surface area contributed by atoms with Crippen LogP contribution < -0.4 is 16.0 Å². The molecule has 0 fully saturated rings. The molecule has 0 atom stereocenters. The predicted molar refractivity (Wildman–Crippen MR) is 68.2 cm³/mol. The average Bonchev–Trinajstić information content (AvgIpc) is 2.28. The zero-order valence-electron chi connectivity index (χ0n) is 10.7. The summed E-state index contributed by atoms with van der Waals surface area (Å²) in [5.41, 5.74) is 0.973. The molecule has 0 radical (unpaired) electrons. The summed E-state index contributed by atoms with van der Waals surface area (Å²) in [6.45, 7) is 6.51. The molecule has 17 heavy (non-hydrogen) atoms. The number of carbonyl (C=O) groups is 1. The van der Waals surface area contributed by atoms with Crippen molar-refractivity contribution in [3.8, 4) is 0 Å². The Labute approximate surface area is 101 Å². The molecule has 0 aliphatic carbocycles. The highest BCUT2D eigenvalue weighted by Gasteiger charge is 2.07. The second kappa shape index (κ2) is 6.03. The van der Waals surface area contributed by atoms with Gasteiger partial charge in [0.05, 0.1) is 0 Å². The van der Waals surface area contributed by atoms with Gasteiger partial charge in [0.2, 0.25) is 5.91 Å². The zero-order chi connectivity index (χ0) is 12.8. The van der Waals surface area contributed by atoms with Gasteiger partial charge < -0.3 is 16.0 Å². The van der Waals surface area contributed by atoms with Crippen molar-refractivity contribution in [2.75, 3.05) is 30.8 Å². The van der Waals surface area contributed by atoms with Crippen LogP contribution in [-0.4, -0.2) is 36.0 Å². The van der Waals surface area contributed by atoms with Gasteiger partial charge in [0.1, 0.15) is 17.5 Å². The van der Waals surface area contributed by atoms with Crippen LogP contribution in [0.25, 0.3) is 0 Å². The van der Waals surface area contributed by atoms with E-state index in [0.717, 1.165) is 17.2 Å². The summed E-state index contributed by atoms with van der Waals surface area (Å²) in [7, 11) is 1.83. The fourth-order valence-electron chi connectivity index (χ4n) is 1.46. The molecule has 0 aromatic carbocycles. The molecular weight excluding hydrogens is 218 g/mol. The van der Waals surface area contributed by atoms with E-state index in [4.69, 9.17) is 0 Å². The second-order valence-electron chi connectivity index (χ2n) is 3.75. The van der Waals surface area contributed by atoms with Crippen LogP contribution in [-0.2, 0) is 4.79 Å². The fourth-order valence-corrected chi connectivity index (χ4v) is 1.46. The number of nitrogens with zero attached hydrogens (tertiary/aromatic N) is 2. The average molecular weight is 237 g/mol. The number of hydrogen-bond acceptors (Lipinski definition) is 5. The van der Waals surface area contributed by atoms with Gasteiger partial charge in [0.25, 0.3) is 0 Å². The first-order valence-electron chi connectivity index (χ1n) is 5.56. The van der Waals surface area contributed by atoms with Crippen LogP contribution in [0.5, 0.6) is 0 Å². The molecular formula is C11H19N5O. The van der Waals surface area contributed by atoms with Crippen molar-refractivity contribution in [3.63, 3.8) is 0 Å². The van der Waals surface area contributed by atoms with E-state index < -0.39 is 0 Å². The van der Waals surface area contributed by atoms with E-state index in [0.29, 0.717) is 18.9 Å². The Morgan fingerprint density at radius 1 is 1.18 bits per heavy atom. The van der Waals surface area contributed by atoms with Crippen LogP contribution in [0.4, 0.5) is 11.6 Å². The Kier molecular flexibility index (Phi) is 4.68. The summed E-state index contributed by atoms with van der Waals surface area (Å²) < 4.78 is 0. The molecule has 1 aromatic heterocycles. The number of amides is 1. The SMILES string of the molecule is CNc1nc(C)nc(NCCNC(C)=O)c1C. The maximum atomic E-state index is 10.7. The molecule has 0 unspecified atom stereocenters. The molecule has 0 bridgehead atoms. The van der Waals surface area contributed by atoms with Gasteiger partial charge in [-0.1, -0.05) is 0 Å². The molecule has 1 rings (SSSR count). The number of carbonyl (C=O) groups excluding carboxylic acids is 1. The highest BCUT2D eigenvalue weighted by atomic mass is 16.1. The topological polar surface area (TPSA) is 78.9 Å². The van der Waals surface area contributed by atoms with Crippen LogP contribution in [0, 0.1) is 13.8 Å². The lowest BCUT2D eigenvalue weighted by Gasteiger charge is -2.12. The number of nitrogens with one attached hydrogen (secondary N) is 3. The Morgan fingerprint density at radius 2 is 1.82 bits per heavy atom. The molecule has 1 heterocycles. The van der Waals surface area contributed by atoms with E-state index in [1.54, 1.807) is 0 Å². The first kappa shape index (κ1) is 13.2. The zero-order valence-corrected chi connectivity index (χ0v) is 10.7.